The monoisotopic (exact) mass is 253 g/mol. The van der Waals surface area contributed by atoms with Crippen LogP contribution in [0.25, 0.3) is 0 Å². The van der Waals surface area contributed by atoms with Crippen LogP contribution in [0.4, 0.5) is 0 Å². The Morgan fingerprint density at radius 2 is 2.12 bits per heavy atom. The van der Waals surface area contributed by atoms with E-state index in [1.807, 2.05) is 12.1 Å². The van der Waals surface area contributed by atoms with Gasteiger partial charge in [-0.1, -0.05) is 38.4 Å². The van der Waals surface area contributed by atoms with E-state index in [2.05, 4.69) is 32.2 Å². The van der Waals surface area contributed by atoms with Crippen molar-refractivity contribution in [1.29, 1.82) is 0 Å². The van der Waals surface area contributed by atoms with Crippen molar-refractivity contribution in [3.63, 3.8) is 0 Å². The fourth-order valence-electron chi connectivity index (χ4n) is 1.97. The average molecular weight is 254 g/mol. The minimum Gasteiger partial charge on any atom is -0.487 e. The van der Waals surface area contributed by atoms with Crippen molar-refractivity contribution >= 4 is 11.6 Å². The molecule has 0 radical (unpaired) electrons. The topological polar surface area (TPSA) is 21.3 Å². The van der Waals surface area contributed by atoms with Gasteiger partial charge >= 0.3 is 0 Å². The fraction of sp³-hybridized carbons (Fsp3) is 0.571. The Morgan fingerprint density at radius 1 is 1.35 bits per heavy atom. The van der Waals surface area contributed by atoms with E-state index < -0.39 is 0 Å². The van der Waals surface area contributed by atoms with Crippen LogP contribution in [0.3, 0.4) is 0 Å². The number of ether oxygens (including phenoxy) is 1. The first-order chi connectivity index (χ1) is 7.97. The van der Waals surface area contributed by atoms with Crippen LogP contribution >= 0.6 is 11.6 Å². The maximum absolute atomic E-state index is 6.27. The van der Waals surface area contributed by atoms with E-state index in [1.54, 1.807) is 0 Å². The van der Waals surface area contributed by atoms with Crippen LogP contribution in [0.5, 0.6) is 5.75 Å². The molecule has 1 aliphatic heterocycles. The maximum Gasteiger partial charge on any atom is 0.138 e. The summed E-state index contributed by atoms with van der Waals surface area (Å²) in [6.45, 7) is 8.49. The molecular weight excluding hydrogens is 234 g/mol. The molecule has 1 aliphatic rings. The van der Waals surface area contributed by atoms with Gasteiger partial charge in [-0.25, -0.2) is 0 Å². The van der Waals surface area contributed by atoms with Crippen molar-refractivity contribution in [2.24, 2.45) is 0 Å². The van der Waals surface area contributed by atoms with Crippen molar-refractivity contribution in [3.05, 3.63) is 28.8 Å². The van der Waals surface area contributed by atoms with Gasteiger partial charge in [0.25, 0.3) is 0 Å². The SMILES string of the molecule is CC(C)(C)c1ccc(OC2CCNC2)c(Cl)c1. The van der Waals surface area contributed by atoms with Crippen LogP contribution in [0.15, 0.2) is 18.2 Å². The Labute approximate surface area is 108 Å². The molecule has 0 bridgehead atoms. The van der Waals surface area contributed by atoms with Gasteiger partial charge in [-0.3, -0.25) is 0 Å². The highest BCUT2D eigenvalue weighted by Crippen LogP contribution is 2.32. The van der Waals surface area contributed by atoms with E-state index in [0.717, 1.165) is 25.3 Å². The third-order valence-electron chi connectivity index (χ3n) is 3.11. The molecule has 3 heteroatoms. The van der Waals surface area contributed by atoms with Crippen molar-refractivity contribution in [3.8, 4) is 5.75 Å². The second kappa shape index (κ2) is 4.87. The average Bonchev–Trinajstić information content (AvgIpc) is 2.72. The van der Waals surface area contributed by atoms with Crippen molar-refractivity contribution in [2.45, 2.75) is 38.7 Å². The lowest BCUT2D eigenvalue weighted by atomic mass is 9.87. The Bertz CT molecular complexity index is 392. The van der Waals surface area contributed by atoms with Crippen molar-refractivity contribution < 1.29 is 4.74 Å². The summed E-state index contributed by atoms with van der Waals surface area (Å²) >= 11 is 6.27. The quantitative estimate of drug-likeness (QED) is 0.873. The highest BCUT2D eigenvalue weighted by atomic mass is 35.5. The van der Waals surface area contributed by atoms with Crippen molar-refractivity contribution in [1.82, 2.24) is 5.32 Å². The molecule has 0 amide bonds. The molecule has 2 rings (SSSR count). The Morgan fingerprint density at radius 3 is 2.65 bits per heavy atom. The van der Waals surface area contributed by atoms with Gasteiger partial charge in [0.15, 0.2) is 0 Å². The van der Waals surface area contributed by atoms with E-state index in [0.29, 0.717) is 5.02 Å². The second-order valence-corrected chi connectivity index (χ2v) is 6.04. The van der Waals surface area contributed by atoms with E-state index in [1.165, 1.54) is 5.56 Å². The fourth-order valence-corrected chi connectivity index (χ4v) is 2.20. The summed E-state index contributed by atoms with van der Waals surface area (Å²) in [5.74, 6) is 0.799. The predicted molar refractivity (Wildman–Crippen MR) is 72.1 cm³/mol. The van der Waals surface area contributed by atoms with Crippen LogP contribution in [0.1, 0.15) is 32.8 Å². The van der Waals surface area contributed by atoms with E-state index >= 15 is 0 Å². The van der Waals surface area contributed by atoms with Crippen LogP contribution in [0.2, 0.25) is 5.02 Å². The van der Waals surface area contributed by atoms with Crippen LogP contribution < -0.4 is 10.1 Å². The lowest BCUT2D eigenvalue weighted by molar-refractivity contribution is 0.223. The minimum atomic E-state index is 0.122. The lowest BCUT2D eigenvalue weighted by Crippen LogP contribution is -2.20. The molecule has 0 aromatic heterocycles. The molecule has 94 valence electrons. The van der Waals surface area contributed by atoms with Gasteiger partial charge in [-0.2, -0.15) is 0 Å². The van der Waals surface area contributed by atoms with Crippen LogP contribution in [0, 0.1) is 0 Å². The minimum absolute atomic E-state index is 0.122. The van der Waals surface area contributed by atoms with Gasteiger partial charge in [-0.15, -0.1) is 0 Å². The molecule has 1 unspecified atom stereocenters. The second-order valence-electron chi connectivity index (χ2n) is 5.63. The third-order valence-corrected chi connectivity index (χ3v) is 3.40. The van der Waals surface area contributed by atoms with E-state index in [9.17, 15) is 0 Å². The molecule has 0 saturated carbocycles. The third kappa shape index (κ3) is 3.14. The van der Waals surface area contributed by atoms with E-state index in [-0.39, 0.29) is 11.5 Å². The Hall–Kier alpha value is -0.730. The van der Waals surface area contributed by atoms with Gasteiger partial charge in [0.1, 0.15) is 11.9 Å². The highest BCUT2D eigenvalue weighted by molar-refractivity contribution is 6.32. The van der Waals surface area contributed by atoms with E-state index in [4.69, 9.17) is 16.3 Å². The van der Waals surface area contributed by atoms with Gasteiger partial charge in [0.05, 0.1) is 5.02 Å². The van der Waals surface area contributed by atoms with Gasteiger partial charge in [0.2, 0.25) is 0 Å². The first kappa shape index (κ1) is 12.7. The zero-order valence-electron chi connectivity index (χ0n) is 10.7. The van der Waals surface area contributed by atoms with Crippen LogP contribution in [-0.4, -0.2) is 19.2 Å². The molecule has 1 atom stereocenters. The highest BCUT2D eigenvalue weighted by Gasteiger charge is 2.19. The molecule has 2 nitrogen and oxygen atoms in total. The summed E-state index contributed by atoms with van der Waals surface area (Å²) in [5, 5.41) is 3.99. The van der Waals surface area contributed by atoms with Gasteiger partial charge in [-0.05, 0) is 36.1 Å². The number of benzene rings is 1. The summed E-state index contributed by atoms with van der Waals surface area (Å²) in [6.07, 6.45) is 1.31. The molecule has 0 aliphatic carbocycles. The zero-order valence-corrected chi connectivity index (χ0v) is 11.5. The first-order valence-electron chi connectivity index (χ1n) is 6.14. The summed E-state index contributed by atoms with van der Waals surface area (Å²) < 4.78 is 5.88. The molecule has 0 spiro atoms. The molecule has 1 aromatic rings. The van der Waals surface area contributed by atoms with Crippen molar-refractivity contribution in [2.75, 3.05) is 13.1 Å². The molecule has 1 saturated heterocycles. The molecule has 1 heterocycles. The first-order valence-corrected chi connectivity index (χ1v) is 6.52. The summed E-state index contributed by atoms with van der Waals surface area (Å²) in [5.41, 5.74) is 1.36. The van der Waals surface area contributed by atoms with Gasteiger partial charge in [0, 0.05) is 6.54 Å². The summed E-state index contributed by atoms with van der Waals surface area (Å²) in [4.78, 5) is 0. The maximum atomic E-state index is 6.27. The number of rotatable bonds is 2. The number of halogens is 1. The standard InChI is InChI=1S/C14H20ClNO/c1-14(2,3)10-4-5-13(12(15)8-10)17-11-6-7-16-9-11/h4-5,8,11,16H,6-7,9H2,1-3H3. The molecular formula is C14H20ClNO. The summed E-state index contributed by atoms with van der Waals surface area (Å²) in [7, 11) is 0. The van der Waals surface area contributed by atoms with Gasteiger partial charge < -0.3 is 10.1 Å². The number of nitrogens with one attached hydrogen (secondary N) is 1. The summed E-state index contributed by atoms with van der Waals surface area (Å²) in [6, 6.07) is 6.10. The normalized spacial score (nSPS) is 20.6. The largest absolute Gasteiger partial charge is 0.487 e. The molecule has 1 aromatic carbocycles. The predicted octanol–water partition coefficient (Wildman–Crippen LogP) is 3.38. The Balaban J connectivity index is 2.14. The molecule has 1 fully saturated rings. The molecule has 1 N–H and O–H groups in total. The number of hydrogen-bond acceptors (Lipinski definition) is 2. The lowest BCUT2D eigenvalue weighted by Gasteiger charge is -2.21. The smallest absolute Gasteiger partial charge is 0.138 e. The number of hydrogen-bond donors (Lipinski definition) is 1. The van der Waals surface area contributed by atoms with Crippen LogP contribution in [-0.2, 0) is 5.41 Å². The Kier molecular flexibility index (Phi) is 3.64. The zero-order chi connectivity index (χ0) is 12.5. The molecule has 17 heavy (non-hydrogen) atoms.